The number of ether oxygens (including phenoxy) is 2. The van der Waals surface area contributed by atoms with E-state index in [-0.39, 0.29) is 11.5 Å². The Morgan fingerprint density at radius 2 is 1.76 bits per heavy atom. The first-order valence-electron chi connectivity index (χ1n) is 7.48. The fourth-order valence-electron chi connectivity index (χ4n) is 2.34. The summed E-state index contributed by atoms with van der Waals surface area (Å²) < 4.78 is 11.1. The zero-order valence-electron chi connectivity index (χ0n) is 13.8. The second kappa shape index (κ2) is 8.53. The first kappa shape index (κ1) is 18.8. The van der Waals surface area contributed by atoms with Crippen LogP contribution < -0.4 is 14.8 Å². The van der Waals surface area contributed by atoms with Gasteiger partial charge in [-0.15, -0.1) is 0 Å². The predicted molar refractivity (Wildman–Crippen MR) is 96.7 cm³/mol. The molecule has 2 aromatic rings. The molecule has 0 saturated heterocycles. The first-order chi connectivity index (χ1) is 12.0. The van der Waals surface area contributed by atoms with Crippen LogP contribution in [0.1, 0.15) is 26.3 Å². The lowest BCUT2D eigenvalue weighted by Crippen LogP contribution is -2.26. The van der Waals surface area contributed by atoms with Crippen molar-refractivity contribution in [3.8, 4) is 11.5 Å². The fourth-order valence-corrected chi connectivity index (χ4v) is 2.70. The lowest BCUT2D eigenvalue weighted by Gasteiger charge is -2.11. The van der Waals surface area contributed by atoms with Crippen molar-refractivity contribution in [1.82, 2.24) is 5.32 Å². The summed E-state index contributed by atoms with van der Waals surface area (Å²) in [6.07, 6.45) is 0.540. The van der Waals surface area contributed by atoms with Gasteiger partial charge in [-0.25, -0.2) is 4.79 Å². The molecule has 2 rings (SSSR count). The number of carbonyl (C=O) groups excluding carboxylic acids is 1. The highest BCUT2D eigenvalue weighted by atomic mass is 79.9. The van der Waals surface area contributed by atoms with Crippen molar-refractivity contribution in [1.29, 1.82) is 0 Å². The van der Waals surface area contributed by atoms with Gasteiger partial charge in [0.1, 0.15) is 17.1 Å². The normalized spacial score (nSPS) is 10.2. The third kappa shape index (κ3) is 4.73. The summed E-state index contributed by atoms with van der Waals surface area (Å²) in [7, 11) is 2.93. The number of hydrogen-bond donors (Lipinski definition) is 2. The number of amides is 1. The summed E-state index contributed by atoms with van der Waals surface area (Å²) in [5.41, 5.74) is 1.41. The molecular weight excluding hydrogens is 390 g/mol. The van der Waals surface area contributed by atoms with Gasteiger partial charge >= 0.3 is 5.97 Å². The van der Waals surface area contributed by atoms with Crippen LogP contribution in [0.4, 0.5) is 0 Å². The zero-order valence-corrected chi connectivity index (χ0v) is 15.4. The third-order valence-corrected chi connectivity index (χ3v) is 4.09. The van der Waals surface area contributed by atoms with E-state index in [9.17, 15) is 9.59 Å². The van der Waals surface area contributed by atoms with E-state index in [1.807, 2.05) is 0 Å². The molecule has 0 fully saturated rings. The van der Waals surface area contributed by atoms with Crippen molar-refractivity contribution in [3.63, 3.8) is 0 Å². The molecule has 0 spiro atoms. The number of benzene rings is 2. The summed E-state index contributed by atoms with van der Waals surface area (Å²) in [6, 6.07) is 10.1. The SMILES string of the molecule is COc1cc(CCNC(=O)c2cc(Br)ccc2OC)ccc1C(=O)O. The van der Waals surface area contributed by atoms with Crippen molar-refractivity contribution < 1.29 is 24.2 Å². The van der Waals surface area contributed by atoms with Crippen molar-refractivity contribution in [2.24, 2.45) is 0 Å². The van der Waals surface area contributed by atoms with E-state index in [1.54, 1.807) is 30.3 Å². The van der Waals surface area contributed by atoms with Crippen molar-refractivity contribution in [3.05, 3.63) is 57.6 Å². The second-order valence-electron chi connectivity index (χ2n) is 5.19. The number of hydrogen-bond acceptors (Lipinski definition) is 4. The monoisotopic (exact) mass is 407 g/mol. The number of carboxylic acids is 1. The minimum absolute atomic E-state index is 0.106. The molecule has 25 heavy (non-hydrogen) atoms. The molecule has 132 valence electrons. The van der Waals surface area contributed by atoms with Crippen LogP contribution in [0.3, 0.4) is 0 Å². The first-order valence-corrected chi connectivity index (χ1v) is 8.27. The molecule has 0 aliphatic rings. The van der Waals surface area contributed by atoms with Crippen LogP contribution in [0, 0.1) is 0 Å². The Hall–Kier alpha value is -2.54. The maximum absolute atomic E-state index is 12.3. The van der Waals surface area contributed by atoms with Gasteiger partial charge in [0.2, 0.25) is 0 Å². The van der Waals surface area contributed by atoms with Crippen LogP contribution >= 0.6 is 15.9 Å². The molecule has 0 radical (unpaired) electrons. The van der Waals surface area contributed by atoms with E-state index in [0.29, 0.717) is 30.0 Å². The van der Waals surface area contributed by atoms with Gasteiger partial charge in [0.15, 0.2) is 0 Å². The quantitative estimate of drug-likeness (QED) is 0.736. The Bertz CT molecular complexity index is 791. The van der Waals surface area contributed by atoms with Gasteiger partial charge in [0, 0.05) is 11.0 Å². The smallest absolute Gasteiger partial charge is 0.339 e. The minimum Gasteiger partial charge on any atom is -0.496 e. The molecule has 0 bridgehead atoms. The largest absolute Gasteiger partial charge is 0.496 e. The molecule has 1 amide bonds. The molecule has 6 nitrogen and oxygen atoms in total. The average Bonchev–Trinajstić information content (AvgIpc) is 2.61. The summed E-state index contributed by atoms with van der Waals surface area (Å²) >= 11 is 3.34. The standard InChI is InChI=1S/C18H18BrNO5/c1-24-15-6-4-12(19)10-14(15)17(21)20-8-7-11-3-5-13(18(22)23)16(9-11)25-2/h3-6,9-10H,7-8H2,1-2H3,(H,20,21)(H,22,23). The molecule has 0 atom stereocenters. The third-order valence-electron chi connectivity index (χ3n) is 3.60. The highest BCUT2D eigenvalue weighted by molar-refractivity contribution is 9.10. The lowest BCUT2D eigenvalue weighted by atomic mass is 10.1. The van der Waals surface area contributed by atoms with Gasteiger partial charge in [-0.3, -0.25) is 4.79 Å². The molecule has 0 aliphatic heterocycles. The van der Waals surface area contributed by atoms with Crippen LogP contribution in [0.2, 0.25) is 0 Å². The Labute approximate surface area is 153 Å². The van der Waals surface area contributed by atoms with Gasteiger partial charge in [0.25, 0.3) is 5.91 Å². The maximum atomic E-state index is 12.3. The van der Waals surface area contributed by atoms with Gasteiger partial charge in [-0.2, -0.15) is 0 Å². The van der Waals surface area contributed by atoms with Crippen LogP contribution in [-0.2, 0) is 6.42 Å². The molecule has 0 aromatic heterocycles. The molecule has 0 unspecified atom stereocenters. The van der Waals surface area contributed by atoms with Gasteiger partial charge in [0.05, 0.1) is 19.8 Å². The molecule has 0 aliphatic carbocycles. The van der Waals surface area contributed by atoms with Crippen LogP contribution in [0.5, 0.6) is 11.5 Å². The van der Waals surface area contributed by atoms with Gasteiger partial charge < -0.3 is 19.9 Å². The summed E-state index contributed by atoms with van der Waals surface area (Å²) in [4.78, 5) is 23.4. The number of carbonyl (C=O) groups is 2. The van der Waals surface area contributed by atoms with E-state index in [1.165, 1.54) is 20.3 Å². The van der Waals surface area contributed by atoms with E-state index < -0.39 is 5.97 Å². The molecule has 0 saturated carbocycles. The number of methoxy groups -OCH3 is 2. The zero-order chi connectivity index (χ0) is 18.4. The van der Waals surface area contributed by atoms with Crippen molar-refractivity contribution in [2.45, 2.75) is 6.42 Å². The van der Waals surface area contributed by atoms with E-state index in [2.05, 4.69) is 21.2 Å². The van der Waals surface area contributed by atoms with E-state index in [0.717, 1.165) is 10.0 Å². The van der Waals surface area contributed by atoms with Gasteiger partial charge in [-0.1, -0.05) is 22.0 Å². The maximum Gasteiger partial charge on any atom is 0.339 e. The molecule has 0 heterocycles. The highest BCUT2D eigenvalue weighted by Gasteiger charge is 2.13. The number of carboxylic acid groups (broad SMARTS) is 1. The Morgan fingerprint density at radius 3 is 2.40 bits per heavy atom. The van der Waals surface area contributed by atoms with Crippen LogP contribution in [-0.4, -0.2) is 37.7 Å². The molecule has 2 aromatic carbocycles. The molecular formula is C18H18BrNO5. The van der Waals surface area contributed by atoms with Crippen LogP contribution in [0.25, 0.3) is 0 Å². The van der Waals surface area contributed by atoms with Crippen molar-refractivity contribution >= 4 is 27.8 Å². The average molecular weight is 408 g/mol. The Kier molecular flexibility index (Phi) is 6.41. The second-order valence-corrected chi connectivity index (χ2v) is 6.11. The van der Waals surface area contributed by atoms with Crippen LogP contribution in [0.15, 0.2) is 40.9 Å². The number of rotatable bonds is 7. The Morgan fingerprint density at radius 1 is 1.04 bits per heavy atom. The molecule has 7 heteroatoms. The molecule has 2 N–H and O–H groups in total. The van der Waals surface area contributed by atoms with Crippen molar-refractivity contribution in [2.75, 3.05) is 20.8 Å². The fraction of sp³-hybridized carbons (Fsp3) is 0.222. The summed E-state index contributed by atoms with van der Waals surface area (Å²) in [5, 5.41) is 11.9. The topological polar surface area (TPSA) is 84.9 Å². The van der Waals surface area contributed by atoms with E-state index in [4.69, 9.17) is 14.6 Å². The minimum atomic E-state index is -1.04. The highest BCUT2D eigenvalue weighted by Crippen LogP contribution is 2.23. The van der Waals surface area contributed by atoms with E-state index >= 15 is 0 Å². The summed E-state index contributed by atoms with van der Waals surface area (Å²) in [6.45, 7) is 0.393. The Balaban J connectivity index is 2.02. The number of aromatic carboxylic acids is 1. The predicted octanol–water partition coefficient (Wildman–Crippen LogP) is 3.14. The number of halogens is 1. The van der Waals surface area contributed by atoms with Gasteiger partial charge in [-0.05, 0) is 42.3 Å². The number of nitrogens with one attached hydrogen (secondary N) is 1. The lowest BCUT2D eigenvalue weighted by molar-refractivity contribution is 0.0693. The summed E-state index contributed by atoms with van der Waals surface area (Å²) in [5.74, 6) is -0.496.